The average Bonchev–Trinajstić information content (AvgIpc) is 2.45. The van der Waals surface area contributed by atoms with Crippen LogP contribution in [0.4, 0.5) is 10.5 Å². The minimum absolute atomic E-state index is 0.0261. The van der Waals surface area contributed by atoms with E-state index >= 15 is 0 Å². The first kappa shape index (κ1) is 14.6. The summed E-state index contributed by atoms with van der Waals surface area (Å²) in [7, 11) is 3.16. The SMILES string of the molecule is CCN(C)C(=O)Nc1ccc(/C(N)=N/O)cc1OC. The molecule has 0 aliphatic carbocycles. The van der Waals surface area contributed by atoms with Crippen LogP contribution in [0.1, 0.15) is 12.5 Å². The van der Waals surface area contributed by atoms with Crippen LogP contribution in [0.2, 0.25) is 0 Å². The molecule has 0 fully saturated rings. The Kier molecular flexibility index (Phi) is 4.99. The Hall–Kier alpha value is -2.44. The van der Waals surface area contributed by atoms with E-state index in [4.69, 9.17) is 15.7 Å². The van der Waals surface area contributed by atoms with E-state index in [1.807, 2.05) is 6.92 Å². The maximum atomic E-state index is 11.8. The van der Waals surface area contributed by atoms with Crippen LogP contribution in [0.3, 0.4) is 0 Å². The lowest BCUT2D eigenvalue weighted by atomic mass is 10.1. The molecule has 0 unspecified atom stereocenters. The molecule has 1 aromatic carbocycles. The van der Waals surface area contributed by atoms with Crippen molar-refractivity contribution in [2.45, 2.75) is 6.92 Å². The summed E-state index contributed by atoms with van der Waals surface area (Å²) in [4.78, 5) is 13.3. The average molecular weight is 266 g/mol. The molecule has 0 saturated heterocycles. The number of methoxy groups -OCH3 is 1. The minimum Gasteiger partial charge on any atom is -0.495 e. The summed E-state index contributed by atoms with van der Waals surface area (Å²) >= 11 is 0. The largest absolute Gasteiger partial charge is 0.495 e. The van der Waals surface area contributed by atoms with Gasteiger partial charge < -0.3 is 25.9 Å². The molecule has 7 nitrogen and oxygen atoms in total. The molecule has 0 radical (unpaired) electrons. The van der Waals surface area contributed by atoms with Crippen LogP contribution in [-0.4, -0.2) is 42.7 Å². The number of rotatable bonds is 4. The first-order valence-electron chi connectivity index (χ1n) is 5.71. The molecule has 0 aliphatic heterocycles. The first-order chi connectivity index (χ1) is 9.03. The van der Waals surface area contributed by atoms with E-state index in [0.717, 1.165) is 0 Å². The van der Waals surface area contributed by atoms with Crippen LogP contribution in [0, 0.1) is 0 Å². The number of benzene rings is 1. The molecular formula is C12H18N4O3. The van der Waals surface area contributed by atoms with Gasteiger partial charge in [-0.15, -0.1) is 0 Å². The van der Waals surface area contributed by atoms with Crippen molar-refractivity contribution in [2.75, 3.05) is 26.0 Å². The van der Waals surface area contributed by atoms with E-state index in [2.05, 4.69) is 10.5 Å². The lowest BCUT2D eigenvalue weighted by Gasteiger charge is -2.17. The highest BCUT2D eigenvalue weighted by atomic mass is 16.5. The summed E-state index contributed by atoms with van der Waals surface area (Å²) in [5.74, 6) is 0.406. The molecule has 0 atom stereocenters. The molecule has 1 aromatic rings. The maximum Gasteiger partial charge on any atom is 0.321 e. The van der Waals surface area contributed by atoms with Crippen molar-refractivity contribution in [3.63, 3.8) is 0 Å². The van der Waals surface area contributed by atoms with E-state index in [1.54, 1.807) is 25.2 Å². The van der Waals surface area contributed by atoms with Crippen LogP contribution in [0.15, 0.2) is 23.4 Å². The summed E-state index contributed by atoms with van der Waals surface area (Å²) in [5.41, 5.74) is 6.50. The summed E-state index contributed by atoms with van der Waals surface area (Å²) in [6.45, 7) is 2.47. The smallest absolute Gasteiger partial charge is 0.321 e. The van der Waals surface area contributed by atoms with Gasteiger partial charge in [-0.3, -0.25) is 0 Å². The Morgan fingerprint density at radius 2 is 2.26 bits per heavy atom. The normalized spacial score (nSPS) is 11.0. The quantitative estimate of drug-likeness (QED) is 0.330. The van der Waals surface area contributed by atoms with Gasteiger partial charge in [-0.1, -0.05) is 5.16 Å². The minimum atomic E-state index is -0.239. The predicted octanol–water partition coefficient (Wildman–Crippen LogP) is 1.27. The van der Waals surface area contributed by atoms with Gasteiger partial charge in [0.05, 0.1) is 12.8 Å². The molecule has 0 aliphatic rings. The molecule has 2 amide bonds. The standard InChI is InChI=1S/C12H18N4O3/c1-4-16(2)12(17)14-9-6-5-8(11(13)15-18)7-10(9)19-3/h5-7,18H,4H2,1-3H3,(H2,13,15)(H,14,17). The number of carbonyl (C=O) groups is 1. The van der Waals surface area contributed by atoms with Gasteiger partial charge in [0.25, 0.3) is 0 Å². The van der Waals surface area contributed by atoms with Crippen molar-refractivity contribution < 1.29 is 14.7 Å². The molecule has 0 bridgehead atoms. The van der Waals surface area contributed by atoms with E-state index in [1.165, 1.54) is 12.0 Å². The van der Waals surface area contributed by atoms with Gasteiger partial charge in [-0.25, -0.2) is 4.79 Å². The molecule has 1 rings (SSSR count). The van der Waals surface area contributed by atoms with Gasteiger partial charge in [0, 0.05) is 19.2 Å². The highest BCUT2D eigenvalue weighted by Crippen LogP contribution is 2.25. The van der Waals surface area contributed by atoms with Gasteiger partial charge in [0.15, 0.2) is 5.84 Å². The van der Waals surface area contributed by atoms with Gasteiger partial charge in [-0.2, -0.15) is 0 Å². The number of nitrogens with zero attached hydrogens (tertiary/aromatic N) is 2. The fourth-order valence-electron chi connectivity index (χ4n) is 1.37. The molecule has 104 valence electrons. The van der Waals surface area contributed by atoms with Gasteiger partial charge in [-0.05, 0) is 25.1 Å². The first-order valence-corrected chi connectivity index (χ1v) is 5.71. The predicted molar refractivity (Wildman–Crippen MR) is 72.8 cm³/mol. The van der Waals surface area contributed by atoms with E-state index in [-0.39, 0.29) is 11.9 Å². The number of hydrogen-bond acceptors (Lipinski definition) is 4. The second kappa shape index (κ2) is 6.48. The maximum absolute atomic E-state index is 11.8. The number of amidine groups is 1. The van der Waals surface area contributed by atoms with E-state index < -0.39 is 0 Å². The number of oxime groups is 1. The van der Waals surface area contributed by atoms with Crippen LogP contribution in [-0.2, 0) is 0 Å². The Morgan fingerprint density at radius 3 is 2.79 bits per heavy atom. The zero-order chi connectivity index (χ0) is 14.4. The third-order valence-electron chi connectivity index (χ3n) is 2.67. The van der Waals surface area contributed by atoms with Crippen molar-refractivity contribution in [3.05, 3.63) is 23.8 Å². The second-order valence-electron chi connectivity index (χ2n) is 3.84. The lowest BCUT2D eigenvalue weighted by Crippen LogP contribution is -2.31. The summed E-state index contributed by atoms with van der Waals surface area (Å²) < 4.78 is 5.17. The highest BCUT2D eigenvalue weighted by molar-refractivity contribution is 5.99. The van der Waals surface area contributed by atoms with Crippen molar-refractivity contribution >= 4 is 17.6 Å². The summed E-state index contributed by atoms with van der Waals surface area (Å²) in [5, 5.41) is 14.2. The Bertz CT molecular complexity index is 488. The second-order valence-corrected chi connectivity index (χ2v) is 3.84. The molecular weight excluding hydrogens is 248 g/mol. The fraction of sp³-hybridized carbons (Fsp3) is 0.333. The Balaban J connectivity index is 3.00. The fourth-order valence-corrected chi connectivity index (χ4v) is 1.37. The van der Waals surface area contributed by atoms with Gasteiger partial charge in [0.1, 0.15) is 5.75 Å². The summed E-state index contributed by atoms with van der Waals surface area (Å²) in [6, 6.07) is 4.60. The number of anilines is 1. The van der Waals surface area contributed by atoms with Crippen molar-refractivity contribution in [3.8, 4) is 5.75 Å². The number of carbonyl (C=O) groups excluding carboxylic acids is 1. The molecule has 0 heterocycles. The Morgan fingerprint density at radius 1 is 1.58 bits per heavy atom. The van der Waals surface area contributed by atoms with Crippen LogP contribution in [0.5, 0.6) is 5.75 Å². The van der Waals surface area contributed by atoms with Gasteiger partial charge >= 0.3 is 6.03 Å². The number of hydrogen-bond donors (Lipinski definition) is 3. The van der Waals surface area contributed by atoms with Crippen molar-refractivity contribution in [2.24, 2.45) is 10.9 Å². The van der Waals surface area contributed by atoms with Crippen LogP contribution in [0.25, 0.3) is 0 Å². The zero-order valence-electron chi connectivity index (χ0n) is 11.2. The zero-order valence-corrected chi connectivity index (χ0v) is 11.2. The third kappa shape index (κ3) is 3.51. The molecule has 7 heteroatoms. The van der Waals surface area contributed by atoms with Gasteiger partial charge in [0.2, 0.25) is 0 Å². The third-order valence-corrected chi connectivity index (χ3v) is 2.67. The van der Waals surface area contributed by atoms with Crippen molar-refractivity contribution in [1.29, 1.82) is 0 Å². The van der Waals surface area contributed by atoms with Crippen molar-refractivity contribution in [1.82, 2.24) is 4.90 Å². The monoisotopic (exact) mass is 266 g/mol. The number of ether oxygens (including phenoxy) is 1. The summed E-state index contributed by atoms with van der Waals surface area (Å²) in [6.07, 6.45) is 0. The van der Waals surface area contributed by atoms with Crippen LogP contribution >= 0.6 is 0 Å². The van der Waals surface area contributed by atoms with E-state index in [9.17, 15) is 4.79 Å². The number of nitrogens with one attached hydrogen (secondary N) is 1. The topological polar surface area (TPSA) is 100 Å². The molecule has 0 spiro atoms. The van der Waals surface area contributed by atoms with Crippen LogP contribution < -0.4 is 15.8 Å². The highest BCUT2D eigenvalue weighted by Gasteiger charge is 2.12. The Labute approximate surface area is 111 Å². The number of amides is 2. The number of urea groups is 1. The molecule has 19 heavy (non-hydrogen) atoms. The lowest BCUT2D eigenvalue weighted by molar-refractivity contribution is 0.224. The number of nitrogens with two attached hydrogens (primary N) is 1. The molecule has 0 saturated carbocycles. The van der Waals surface area contributed by atoms with E-state index in [0.29, 0.717) is 23.5 Å². The molecule has 0 aromatic heterocycles. The molecule has 4 N–H and O–H groups in total.